The number of anilines is 1. The Balaban J connectivity index is 1.87. The van der Waals surface area contributed by atoms with Gasteiger partial charge in [0.15, 0.2) is 0 Å². The number of amidine groups is 1. The lowest BCUT2D eigenvalue weighted by Crippen LogP contribution is -2.15. The number of nitro benzene ring substituents is 1. The Hall–Kier alpha value is -2.88. The van der Waals surface area contributed by atoms with Gasteiger partial charge in [0, 0.05) is 17.8 Å². The van der Waals surface area contributed by atoms with Crippen molar-refractivity contribution in [3.8, 4) is 0 Å². The lowest BCUT2D eigenvalue weighted by molar-refractivity contribution is -0.384. The minimum atomic E-state index is -0.590. The Labute approximate surface area is 128 Å². The molecule has 1 aliphatic heterocycles. The van der Waals surface area contributed by atoms with E-state index < -0.39 is 10.8 Å². The maximum atomic E-state index is 11.7. The van der Waals surface area contributed by atoms with Crippen LogP contribution in [0.2, 0.25) is 0 Å². The maximum Gasteiger partial charge on any atom is 0.299 e. The van der Waals surface area contributed by atoms with Gasteiger partial charge in [-0.25, -0.2) is 0 Å². The van der Waals surface area contributed by atoms with Gasteiger partial charge in [-0.15, -0.1) is 10.2 Å². The topological polar surface area (TPSA) is 126 Å². The first-order valence-electron chi connectivity index (χ1n) is 5.86. The quantitative estimate of drug-likeness (QED) is 0.516. The molecule has 0 saturated carbocycles. The average molecular weight is 319 g/mol. The number of azo groups is 1. The number of rotatable bonds is 4. The Morgan fingerprint density at radius 2 is 2.00 bits per heavy atom. The Kier molecular flexibility index (Phi) is 4.73. The van der Waals surface area contributed by atoms with Gasteiger partial charge in [-0.1, -0.05) is 18.3 Å². The third kappa shape index (κ3) is 4.06. The summed E-state index contributed by atoms with van der Waals surface area (Å²) in [5.74, 6) is -0.990. The number of aliphatic imine (C=N–C) groups is 1. The van der Waals surface area contributed by atoms with E-state index in [0.717, 1.165) is 11.8 Å². The standard InChI is InChI=1S/C12H9N5O4S/c1-7-11(19)14-12(16-15-7)22-6-10(18)13-8-2-4-9(5-3-8)17(20)21/h2-5H,1,6H2,(H,13,18). The molecule has 9 nitrogen and oxygen atoms in total. The highest BCUT2D eigenvalue weighted by atomic mass is 32.2. The van der Waals surface area contributed by atoms with Crippen molar-refractivity contribution < 1.29 is 14.5 Å². The summed E-state index contributed by atoms with van der Waals surface area (Å²) >= 11 is 0.946. The highest BCUT2D eigenvalue weighted by molar-refractivity contribution is 8.14. The summed E-state index contributed by atoms with van der Waals surface area (Å²) in [5, 5.41) is 20.3. The molecule has 0 bridgehead atoms. The number of thioether (sulfide) groups is 1. The lowest BCUT2D eigenvalue weighted by atomic mass is 10.3. The zero-order valence-electron chi connectivity index (χ0n) is 11.1. The number of carbonyl (C=O) groups excluding carboxylic acids is 2. The molecular formula is C12H9N5O4S. The number of nitrogens with zero attached hydrogens (tertiary/aromatic N) is 4. The molecule has 0 saturated heterocycles. The van der Waals surface area contributed by atoms with Crippen molar-refractivity contribution >= 4 is 40.1 Å². The fourth-order valence-corrected chi connectivity index (χ4v) is 1.95. The van der Waals surface area contributed by atoms with Crippen LogP contribution in [0.3, 0.4) is 0 Å². The summed E-state index contributed by atoms with van der Waals surface area (Å²) in [6.45, 7) is 3.35. The lowest BCUT2D eigenvalue weighted by Gasteiger charge is -2.06. The van der Waals surface area contributed by atoms with Crippen molar-refractivity contribution in [3.63, 3.8) is 0 Å². The van der Waals surface area contributed by atoms with Gasteiger partial charge in [0.25, 0.3) is 11.6 Å². The third-order valence-corrected chi connectivity index (χ3v) is 3.23. The molecule has 0 unspecified atom stereocenters. The highest BCUT2D eigenvalue weighted by Gasteiger charge is 2.15. The third-order valence-electron chi connectivity index (χ3n) is 2.39. The first-order chi connectivity index (χ1) is 10.5. The van der Waals surface area contributed by atoms with Crippen LogP contribution in [0.5, 0.6) is 0 Å². The minimum Gasteiger partial charge on any atom is -0.325 e. The number of nitrogens with one attached hydrogen (secondary N) is 1. The Bertz CT molecular complexity index is 711. The fraction of sp³-hybridized carbons (Fsp3) is 0.0833. The largest absolute Gasteiger partial charge is 0.325 e. The fourth-order valence-electron chi connectivity index (χ4n) is 1.37. The van der Waals surface area contributed by atoms with Crippen LogP contribution < -0.4 is 5.32 Å². The van der Waals surface area contributed by atoms with E-state index in [0.29, 0.717) is 5.69 Å². The van der Waals surface area contributed by atoms with Crippen LogP contribution in [0.4, 0.5) is 11.4 Å². The first kappa shape index (κ1) is 15.5. The van der Waals surface area contributed by atoms with Gasteiger partial charge in [0.05, 0.1) is 10.7 Å². The number of hydrogen-bond donors (Lipinski definition) is 1. The molecule has 0 fully saturated rings. The van der Waals surface area contributed by atoms with Crippen LogP contribution in [-0.4, -0.2) is 27.7 Å². The Morgan fingerprint density at radius 3 is 2.59 bits per heavy atom. The molecule has 1 heterocycles. The predicted molar refractivity (Wildman–Crippen MR) is 80.6 cm³/mol. The molecule has 10 heteroatoms. The summed E-state index contributed by atoms with van der Waals surface area (Å²) in [7, 11) is 0. The van der Waals surface area contributed by atoms with Crippen LogP contribution >= 0.6 is 11.8 Å². The van der Waals surface area contributed by atoms with E-state index in [1.807, 2.05) is 0 Å². The van der Waals surface area contributed by atoms with E-state index in [1.165, 1.54) is 24.3 Å². The number of non-ortho nitro benzene ring substituents is 1. The normalized spacial score (nSPS) is 13.7. The average Bonchev–Trinajstić information content (AvgIpc) is 2.49. The van der Waals surface area contributed by atoms with E-state index in [-0.39, 0.29) is 28.2 Å². The van der Waals surface area contributed by atoms with Gasteiger partial charge in [0.1, 0.15) is 5.70 Å². The molecule has 0 aromatic heterocycles. The van der Waals surface area contributed by atoms with Crippen molar-refractivity contribution in [2.75, 3.05) is 11.1 Å². The van der Waals surface area contributed by atoms with Crippen molar-refractivity contribution in [2.45, 2.75) is 0 Å². The molecular weight excluding hydrogens is 310 g/mol. The molecule has 22 heavy (non-hydrogen) atoms. The second-order valence-electron chi connectivity index (χ2n) is 3.99. The van der Waals surface area contributed by atoms with E-state index in [1.54, 1.807) is 0 Å². The van der Waals surface area contributed by atoms with E-state index in [2.05, 4.69) is 27.1 Å². The minimum absolute atomic E-state index is 0.0331. The molecule has 1 aromatic rings. The monoisotopic (exact) mass is 319 g/mol. The molecule has 0 atom stereocenters. The van der Waals surface area contributed by atoms with Crippen LogP contribution in [0, 0.1) is 10.1 Å². The molecule has 0 radical (unpaired) electrons. The van der Waals surface area contributed by atoms with Gasteiger partial charge >= 0.3 is 0 Å². The van der Waals surface area contributed by atoms with E-state index in [4.69, 9.17) is 0 Å². The maximum absolute atomic E-state index is 11.7. The number of amides is 2. The molecule has 1 aromatic carbocycles. The summed E-state index contributed by atoms with van der Waals surface area (Å²) in [6, 6.07) is 5.41. The summed E-state index contributed by atoms with van der Waals surface area (Å²) in [4.78, 5) is 36.5. The summed E-state index contributed by atoms with van der Waals surface area (Å²) < 4.78 is 0. The Morgan fingerprint density at radius 1 is 1.32 bits per heavy atom. The number of nitro groups is 1. The van der Waals surface area contributed by atoms with Gasteiger partial charge in [-0.2, -0.15) is 4.99 Å². The van der Waals surface area contributed by atoms with Crippen molar-refractivity contribution in [1.29, 1.82) is 0 Å². The molecule has 112 valence electrons. The zero-order valence-corrected chi connectivity index (χ0v) is 11.9. The molecule has 0 spiro atoms. The van der Waals surface area contributed by atoms with Gasteiger partial charge in [0.2, 0.25) is 11.1 Å². The smallest absolute Gasteiger partial charge is 0.299 e. The molecule has 0 aliphatic carbocycles. The van der Waals surface area contributed by atoms with Crippen molar-refractivity contribution in [2.24, 2.45) is 15.2 Å². The second-order valence-corrected chi connectivity index (χ2v) is 4.93. The van der Waals surface area contributed by atoms with Crippen LogP contribution in [0.25, 0.3) is 0 Å². The van der Waals surface area contributed by atoms with Crippen LogP contribution in [-0.2, 0) is 9.59 Å². The number of carbonyl (C=O) groups is 2. The SMILES string of the molecule is C=C1N=NC(SCC(=O)Nc2ccc([N+](=O)[O-])cc2)=NC1=O. The number of hydrogen-bond acceptors (Lipinski definition) is 7. The number of benzene rings is 1. The molecule has 2 rings (SSSR count). The second kappa shape index (κ2) is 6.72. The van der Waals surface area contributed by atoms with Gasteiger partial charge in [-0.3, -0.25) is 19.7 Å². The zero-order chi connectivity index (χ0) is 16.1. The molecule has 1 N–H and O–H groups in total. The highest BCUT2D eigenvalue weighted by Crippen LogP contribution is 2.17. The van der Waals surface area contributed by atoms with Gasteiger partial charge < -0.3 is 5.32 Å². The summed E-state index contributed by atoms with van der Waals surface area (Å²) in [5.41, 5.74) is 0.302. The summed E-state index contributed by atoms with van der Waals surface area (Å²) in [6.07, 6.45) is 0. The van der Waals surface area contributed by atoms with Crippen LogP contribution in [0.1, 0.15) is 0 Å². The molecule has 1 aliphatic rings. The predicted octanol–water partition coefficient (Wildman–Crippen LogP) is 2.13. The van der Waals surface area contributed by atoms with Crippen molar-refractivity contribution in [3.05, 3.63) is 46.7 Å². The van der Waals surface area contributed by atoms with E-state index in [9.17, 15) is 19.7 Å². The molecule has 2 amide bonds. The van der Waals surface area contributed by atoms with E-state index >= 15 is 0 Å². The van der Waals surface area contributed by atoms with Gasteiger partial charge in [-0.05, 0) is 12.1 Å². The first-order valence-corrected chi connectivity index (χ1v) is 6.85. The van der Waals surface area contributed by atoms with Crippen LogP contribution in [0.15, 0.2) is 51.8 Å². The van der Waals surface area contributed by atoms with Crippen molar-refractivity contribution in [1.82, 2.24) is 0 Å².